The van der Waals surface area contributed by atoms with Gasteiger partial charge in [0.1, 0.15) is 17.2 Å². The molecule has 0 saturated heterocycles. The lowest BCUT2D eigenvalue weighted by Crippen LogP contribution is -2.16. The van der Waals surface area contributed by atoms with Gasteiger partial charge in [-0.25, -0.2) is 4.68 Å². The van der Waals surface area contributed by atoms with Crippen molar-refractivity contribution in [1.82, 2.24) is 9.78 Å². The number of nitrogens with zero attached hydrogens (tertiary/aromatic N) is 2. The van der Waals surface area contributed by atoms with E-state index in [4.69, 9.17) is 9.15 Å². The van der Waals surface area contributed by atoms with Gasteiger partial charge in [0.25, 0.3) is 5.91 Å². The van der Waals surface area contributed by atoms with Crippen LogP contribution in [0.3, 0.4) is 0 Å². The van der Waals surface area contributed by atoms with Gasteiger partial charge < -0.3 is 14.5 Å². The summed E-state index contributed by atoms with van der Waals surface area (Å²) < 4.78 is 12.7. The maximum absolute atomic E-state index is 12.6. The van der Waals surface area contributed by atoms with Crippen molar-refractivity contribution in [3.63, 3.8) is 0 Å². The Kier molecular flexibility index (Phi) is 3.82. The summed E-state index contributed by atoms with van der Waals surface area (Å²) in [5.74, 6) is 1.37. The highest BCUT2D eigenvalue weighted by molar-refractivity contribution is 6.06. The molecule has 0 aliphatic carbocycles. The number of aryl methyl sites for hydroxylation is 1. The van der Waals surface area contributed by atoms with Crippen molar-refractivity contribution in [3.8, 4) is 5.75 Å². The molecule has 0 aliphatic rings. The standard InChI is InChI=1S/C17H19N3O3/c1-10(2)20-15(7-8-18-20)19-17(21)16-11(3)13-9-12(22-4)5-6-14(13)23-16/h5-10H,1-4H3,(H,19,21). The maximum atomic E-state index is 12.6. The predicted molar refractivity (Wildman–Crippen MR) is 88.1 cm³/mol. The van der Waals surface area contributed by atoms with Crippen LogP contribution in [0.1, 0.15) is 36.0 Å². The van der Waals surface area contributed by atoms with E-state index < -0.39 is 0 Å². The zero-order valence-electron chi connectivity index (χ0n) is 13.6. The number of hydrogen-bond donors (Lipinski definition) is 1. The van der Waals surface area contributed by atoms with Crippen LogP contribution in [-0.4, -0.2) is 22.8 Å². The Labute approximate surface area is 134 Å². The maximum Gasteiger partial charge on any atom is 0.292 e. The first-order chi connectivity index (χ1) is 11.0. The van der Waals surface area contributed by atoms with Crippen molar-refractivity contribution in [2.75, 3.05) is 12.4 Å². The molecule has 120 valence electrons. The van der Waals surface area contributed by atoms with Crippen molar-refractivity contribution in [1.29, 1.82) is 0 Å². The number of rotatable bonds is 4. The minimum atomic E-state index is -0.292. The summed E-state index contributed by atoms with van der Waals surface area (Å²) in [5.41, 5.74) is 1.44. The average Bonchev–Trinajstić information content (AvgIpc) is 3.12. The van der Waals surface area contributed by atoms with Crippen LogP contribution in [0.15, 0.2) is 34.9 Å². The van der Waals surface area contributed by atoms with Crippen LogP contribution in [0.4, 0.5) is 5.82 Å². The van der Waals surface area contributed by atoms with Crippen molar-refractivity contribution in [3.05, 3.63) is 41.8 Å². The molecule has 6 heteroatoms. The summed E-state index contributed by atoms with van der Waals surface area (Å²) in [4.78, 5) is 12.6. The van der Waals surface area contributed by atoms with Gasteiger partial charge in [-0.1, -0.05) is 0 Å². The molecule has 3 aromatic rings. The lowest BCUT2D eigenvalue weighted by atomic mass is 10.1. The Balaban J connectivity index is 1.95. The van der Waals surface area contributed by atoms with Gasteiger partial charge in [0.05, 0.1) is 13.3 Å². The van der Waals surface area contributed by atoms with Gasteiger partial charge in [-0.3, -0.25) is 4.79 Å². The van der Waals surface area contributed by atoms with Crippen molar-refractivity contribution < 1.29 is 13.9 Å². The van der Waals surface area contributed by atoms with Crippen LogP contribution in [0.5, 0.6) is 5.75 Å². The molecule has 0 bridgehead atoms. The number of carbonyl (C=O) groups is 1. The molecule has 0 radical (unpaired) electrons. The minimum Gasteiger partial charge on any atom is -0.497 e. The fraction of sp³-hybridized carbons (Fsp3) is 0.294. The highest BCUT2D eigenvalue weighted by atomic mass is 16.5. The second-order valence-corrected chi connectivity index (χ2v) is 5.63. The Bertz CT molecular complexity index is 861. The first kappa shape index (κ1) is 15.1. The Morgan fingerprint density at radius 3 is 2.83 bits per heavy atom. The molecule has 2 heterocycles. The number of nitrogens with one attached hydrogen (secondary N) is 1. The molecule has 0 atom stereocenters. The number of benzene rings is 1. The molecule has 1 aromatic carbocycles. The molecule has 3 rings (SSSR count). The topological polar surface area (TPSA) is 69.3 Å². The van der Waals surface area contributed by atoms with Crippen LogP contribution in [-0.2, 0) is 0 Å². The Morgan fingerprint density at radius 2 is 2.13 bits per heavy atom. The fourth-order valence-corrected chi connectivity index (χ4v) is 2.54. The molecule has 0 spiro atoms. The minimum absolute atomic E-state index is 0.154. The molecule has 0 saturated carbocycles. The number of ether oxygens (including phenoxy) is 1. The first-order valence-electron chi connectivity index (χ1n) is 7.43. The normalized spacial score (nSPS) is 11.2. The SMILES string of the molecule is COc1ccc2oc(C(=O)Nc3ccnn3C(C)C)c(C)c2c1. The first-order valence-corrected chi connectivity index (χ1v) is 7.43. The smallest absolute Gasteiger partial charge is 0.292 e. The van der Waals surface area contributed by atoms with Gasteiger partial charge in [0, 0.05) is 23.1 Å². The molecule has 23 heavy (non-hydrogen) atoms. The van der Waals surface area contributed by atoms with E-state index in [2.05, 4.69) is 10.4 Å². The molecular weight excluding hydrogens is 294 g/mol. The quantitative estimate of drug-likeness (QED) is 0.796. The van der Waals surface area contributed by atoms with Gasteiger partial charge in [0.15, 0.2) is 5.76 Å². The highest BCUT2D eigenvalue weighted by Gasteiger charge is 2.19. The largest absolute Gasteiger partial charge is 0.497 e. The number of aromatic nitrogens is 2. The Morgan fingerprint density at radius 1 is 1.35 bits per heavy atom. The molecule has 1 N–H and O–H groups in total. The monoisotopic (exact) mass is 313 g/mol. The number of carbonyl (C=O) groups excluding carboxylic acids is 1. The second-order valence-electron chi connectivity index (χ2n) is 5.63. The molecule has 2 aromatic heterocycles. The summed E-state index contributed by atoms with van der Waals surface area (Å²) in [6.07, 6.45) is 1.66. The molecule has 0 aliphatic heterocycles. The van der Waals surface area contributed by atoms with Crippen molar-refractivity contribution >= 4 is 22.7 Å². The van der Waals surface area contributed by atoms with E-state index in [1.165, 1.54) is 0 Å². The van der Waals surface area contributed by atoms with E-state index in [9.17, 15) is 4.79 Å². The molecule has 0 unspecified atom stereocenters. The summed E-state index contributed by atoms with van der Waals surface area (Å²) in [6, 6.07) is 7.39. The summed E-state index contributed by atoms with van der Waals surface area (Å²) in [6.45, 7) is 5.86. The van der Waals surface area contributed by atoms with Crippen LogP contribution in [0.2, 0.25) is 0 Å². The molecule has 6 nitrogen and oxygen atoms in total. The Hall–Kier alpha value is -2.76. The number of furan rings is 1. The molecule has 1 amide bonds. The number of hydrogen-bond acceptors (Lipinski definition) is 4. The van der Waals surface area contributed by atoms with Gasteiger partial charge in [0.2, 0.25) is 0 Å². The van der Waals surface area contributed by atoms with Gasteiger partial charge in [-0.05, 0) is 39.0 Å². The lowest BCUT2D eigenvalue weighted by molar-refractivity contribution is 0.0997. The third kappa shape index (κ3) is 2.67. The van der Waals surface area contributed by atoms with Gasteiger partial charge in [-0.15, -0.1) is 0 Å². The van der Waals surface area contributed by atoms with E-state index in [1.54, 1.807) is 36.2 Å². The number of anilines is 1. The fourth-order valence-electron chi connectivity index (χ4n) is 2.54. The number of fused-ring (bicyclic) bond motifs is 1. The number of methoxy groups -OCH3 is 1. The predicted octanol–water partition coefficient (Wildman–Crippen LogP) is 3.78. The van der Waals surface area contributed by atoms with Gasteiger partial charge >= 0.3 is 0 Å². The van der Waals surface area contributed by atoms with E-state index in [-0.39, 0.29) is 11.9 Å². The van der Waals surface area contributed by atoms with Crippen molar-refractivity contribution in [2.45, 2.75) is 26.8 Å². The van der Waals surface area contributed by atoms with Gasteiger partial charge in [-0.2, -0.15) is 5.10 Å². The van der Waals surface area contributed by atoms with Crippen LogP contribution >= 0.6 is 0 Å². The third-order valence-electron chi connectivity index (χ3n) is 3.75. The average molecular weight is 313 g/mol. The summed E-state index contributed by atoms with van der Waals surface area (Å²) >= 11 is 0. The summed E-state index contributed by atoms with van der Waals surface area (Å²) in [5, 5.41) is 7.93. The van der Waals surface area contributed by atoms with E-state index >= 15 is 0 Å². The zero-order chi connectivity index (χ0) is 16.6. The lowest BCUT2D eigenvalue weighted by Gasteiger charge is -2.11. The summed E-state index contributed by atoms with van der Waals surface area (Å²) in [7, 11) is 1.61. The molecule has 0 fully saturated rings. The highest BCUT2D eigenvalue weighted by Crippen LogP contribution is 2.29. The van der Waals surface area contributed by atoms with Crippen LogP contribution in [0.25, 0.3) is 11.0 Å². The molecular formula is C17H19N3O3. The van der Waals surface area contributed by atoms with E-state index in [1.807, 2.05) is 26.8 Å². The zero-order valence-corrected chi connectivity index (χ0v) is 13.6. The van der Waals surface area contributed by atoms with Crippen molar-refractivity contribution in [2.24, 2.45) is 0 Å². The van der Waals surface area contributed by atoms with Crippen LogP contribution in [0, 0.1) is 6.92 Å². The van der Waals surface area contributed by atoms with Crippen LogP contribution < -0.4 is 10.1 Å². The number of amides is 1. The third-order valence-corrected chi connectivity index (χ3v) is 3.75. The van der Waals surface area contributed by atoms with E-state index in [0.29, 0.717) is 17.2 Å². The van der Waals surface area contributed by atoms with E-state index in [0.717, 1.165) is 16.7 Å². The second kappa shape index (κ2) is 5.79.